The van der Waals surface area contributed by atoms with Gasteiger partial charge < -0.3 is 4.74 Å². The van der Waals surface area contributed by atoms with Crippen LogP contribution in [0.5, 0.6) is 0 Å². The molecule has 1 aromatic carbocycles. The number of nitrogens with one attached hydrogen (secondary N) is 1. The van der Waals surface area contributed by atoms with E-state index in [0.29, 0.717) is 17.5 Å². The van der Waals surface area contributed by atoms with Crippen LogP contribution in [-0.2, 0) is 11.3 Å². The van der Waals surface area contributed by atoms with Gasteiger partial charge in [-0.05, 0) is 12.1 Å². The van der Waals surface area contributed by atoms with Crippen LogP contribution < -0.4 is 5.48 Å². The number of amides is 1. The molecule has 2 heterocycles. The van der Waals surface area contributed by atoms with Crippen LogP contribution in [0.15, 0.2) is 18.2 Å². The topological polar surface area (TPSA) is 61.8 Å². The lowest BCUT2D eigenvalue weighted by molar-refractivity contribution is -0.191. The number of carbonyl (C=O) groups is 1. The van der Waals surface area contributed by atoms with Crippen molar-refractivity contribution in [3.8, 4) is 0 Å². The standard InChI is InChI=1S/C13H15FN2O3/c14-11-3-9(12(17)15-18)1-2-10(11)4-16-5-13(6-16)7-19-8-13/h1-3,18H,4-8H2,(H,15,17). The van der Waals surface area contributed by atoms with Crippen molar-refractivity contribution in [1.82, 2.24) is 10.4 Å². The van der Waals surface area contributed by atoms with Crippen molar-refractivity contribution >= 4 is 5.91 Å². The van der Waals surface area contributed by atoms with E-state index in [4.69, 9.17) is 9.94 Å². The number of nitrogens with zero attached hydrogens (tertiary/aromatic N) is 1. The molecule has 0 aliphatic carbocycles. The summed E-state index contributed by atoms with van der Waals surface area (Å²) in [4.78, 5) is 13.3. The molecule has 19 heavy (non-hydrogen) atoms. The van der Waals surface area contributed by atoms with E-state index in [1.54, 1.807) is 6.07 Å². The fourth-order valence-electron chi connectivity index (χ4n) is 2.71. The molecule has 102 valence electrons. The monoisotopic (exact) mass is 266 g/mol. The maximum absolute atomic E-state index is 13.8. The molecule has 1 amide bonds. The van der Waals surface area contributed by atoms with Gasteiger partial charge in [0.1, 0.15) is 5.82 Å². The highest BCUT2D eigenvalue weighted by Gasteiger charge is 2.48. The van der Waals surface area contributed by atoms with Crippen LogP contribution in [0, 0.1) is 11.2 Å². The molecular formula is C13H15FN2O3. The molecule has 6 heteroatoms. The van der Waals surface area contributed by atoms with Crippen LogP contribution in [0.1, 0.15) is 15.9 Å². The normalized spacial score (nSPS) is 20.7. The first-order chi connectivity index (χ1) is 9.12. The van der Waals surface area contributed by atoms with E-state index in [1.807, 2.05) is 0 Å². The molecule has 0 radical (unpaired) electrons. The number of likely N-dealkylation sites (tertiary alicyclic amines) is 1. The molecule has 2 aliphatic heterocycles. The molecule has 5 nitrogen and oxygen atoms in total. The zero-order valence-corrected chi connectivity index (χ0v) is 10.4. The molecule has 2 saturated heterocycles. The third kappa shape index (κ3) is 2.22. The first-order valence-electron chi connectivity index (χ1n) is 6.15. The molecule has 0 atom stereocenters. The van der Waals surface area contributed by atoms with Crippen LogP contribution in [0.3, 0.4) is 0 Å². The second kappa shape index (κ2) is 4.56. The van der Waals surface area contributed by atoms with Crippen LogP contribution in [-0.4, -0.2) is 42.3 Å². The smallest absolute Gasteiger partial charge is 0.274 e. The molecule has 1 spiro atoms. The third-order valence-corrected chi connectivity index (χ3v) is 3.75. The molecule has 2 N–H and O–H groups in total. The summed E-state index contributed by atoms with van der Waals surface area (Å²) in [5.41, 5.74) is 2.47. The summed E-state index contributed by atoms with van der Waals surface area (Å²) in [6.45, 7) is 4.02. The van der Waals surface area contributed by atoms with Crippen molar-refractivity contribution in [2.75, 3.05) is 26.3 Å². The largest absolute Gasteiger partial charge is 0.380 e. The quantitative estimate of drug-likeness (QED) is 0.627. The summed E-state index contributed by atoms with van der Waals surface area (Å²) in [5, 5.41) is 8.49. The van der Waals surface area contributed by atoms with Gasteiger partial charge in [0.25, 0.3) is 5.91 Å². The summed E-state index contributed by atoms with van der Waals surface area (Å²) in [5.74, 6) is -1.13. The number of benzene rings is 1. The highest BCUT2D eigenvalue weighted by atomic mass is 19.1. The lowest BCUT2D eigenvalue weighted by atomic mass is 9.78. The molecule has 2 fully saturated rings. The van der Waals surface area contributed by atoms with E-state index in [-0.39, 0.29) is 5.56 Å². The van der Waals surface area contributed by atoms with Crippen molar-refractivity contribution in [2.24, 2.45) is 5.41 Å². The van der Waals surface area contributed by atoms with E-state index in [9.17, 15) is 9.18 Å². The van der Waals surface area contributed by atoms with Gasteiger partial charge in [-0.15, -0.1) is 0 Å². The van der Waals surface area contributed by atoms with Crippen molar-refractivity contribution in [2.45, 2.75) is 6.54 Å². The Bertz CT molecular complexity index is 509. The third-order valence-electron chi connectivity index (χ3n) is 3.75. The van der Waals surface area contributed by atoms with Gasteiger partial charge in [0.2, 0.25) is 0 Å². The first-order valence-corrected chi connectivity index (χ1v) is 6.15. The minimum Gasteiger partial charge on any atom is -0.380 e. The van der Waals surface area contributed by atoms with E-state index in [0.717, 1.165) is 32.4 Å². The average molecular weight is 266 g/mol. The summed E-state index contributed by atoms with van der Waals surface area (Å²) in [7, 11) is 0. The second-order valence-electron chi connectivity index (χ2n) is 5.39. The maximum atomic E-state index is 13.8. The van der Waals surface area contributed by atoms with E-state index in [1.165, 1.54) is 11.5 Å². The SMILES string of the molecule is O=C(NO)c1ccc(CN2CC3(COC3)C2)c(F)c1. The van der Waals surface area contributed by atoms with E-state index in [2.05, 4.69) is 4.90 Å². The lowest BCUT2D eigenvalue weighted by Gasteiger charge is -2.55. The van der Waals surface area contributed by atoms with Gasteiger partial charge in [-0.25, -0.2) is 9.87 Å². The number of ether oxygens (including phenoxy) is 1. The minimum atomic E-state index is -0.708. The van der Waals surface area contributed by atoms with Crippen molar-refractivity contribution in [3.63, 3.8) is 0 Å². The zero-order chi connectivity index (χ0) is 13.5. The Kier molecular flexibility index (Phi) is 3.00. The van der Waals surface area contributed by atoms with Crippen molar-refractivity contribution in [1.29, 1.82) is 0 Å². The van der Waals surface area contributed by atoms with E-state index >= 15 is 0 Å². The number of halogens is 1. The summed E-state index contributed by atoms with van der Waals surface area (Å²) in [6, 6.07) is 4.23. The van der Waals surface area contributed by atoms with Crippen molar-refractivity contribution in [3.05, 3.63) is 35.1 Å². The molecule has 3 rings (SSSR count). The van der Waals surface area contributed by atoms with Crippen molar-refractivity contribution < 1.29 is 19.1 Å². The van der Waals surface area contributed by atoms with Gasteiger partial charge in [0.15, 0.2) is 0 Å². The van der Waals surface area contributed by atoms with Crippen LogP contribution in [0.25, 0.3) is 0 Å². The first kappa shape index (κ1) is 12.5. The molecule has 1 aromatic rings. The Labute approximate surface area is 109 Å². The van der Waals surface area contributed by atoms with Gasteiger partial charge in [0, 0.05) is 36.2 Å². The van der Waals surface area contributed by atoms with Crippen LogP contribution in [0.2, 0.25) is 0 Å². The number of hydrogen-bond donors (Lipinski definition) is 2. The Hall–Kier alpha value is -1.50. The van der Waals surface area contributed by atoms with E-state index < -0.39 is 11.7 Å². The Morgan fingerprint density at radius 3 is 2.74 bits per heavy atom. The van der Waals surface area contributed by atoms with Gasteiger partial charge in [-0.3, -0.25) is 14.9 Å². The highest BCUT2D eigenvalue weighted by Crippen LogP contribution is 2.38. The molecule has 0 aromatic heterocycles. The molecule has 0 saturated carbocycles. The molecular weight excluding hydrogens is 251 g/mol. The summed E-state index contributed by atoms with van der Waals surface area (Å²) >= 11 is 0. The Morgan fingerprint density at radius 1 is 1.47 bits per heavy atom. The lowest BCUT2D eigenvalue weighted by Crippen LogP contribution is -2.65. The fourth-order valence-corrected chi connectivity index (χ4v) is 2.71. The Balaban J connectivity index is 1.64. The van der Waals surface area contributed by atoms with Gasteiger partial charge in [-0.1, -0.05) is 6.07 Å². The van der Waals surface area contributed by atoms with Gasteiger partial charge >= 0.3 is 0 Å². The second-order valence-corrected chi connectivity index (χ2v) is 5.39. The van der Waals surface area contributed by atoms with Crippen LogP contribution in [0.4, 0.5) is 4.39 Å². The number of hydrogen-bond acceptors (Lipinski definition) is 4. The molecule has 0 bridgehead atoms. The molecule has 2 aliphatic rings. The fraction of sp³-hybridized carbons (Fsp3) is 0.462. The number of carbonyl (C=O) groups excluding carboxylic acids is 1. The number of rotatable bonds is 3. The predicted octanol–water partition coefficient (Wildman–Crippen LogP) is 0.777. The minimum absolute atomic E-state index is 0.108. The number of hydroxylamine groups is 1. The summed E-state index contributed by atoms with van der Waals surface area (Å²) in [6.07, 6.45) is 0. The zero-order valence-electron chi connectivity index (χ0n) is 10.4. The molecule has 0 unspecified atom stereocenters. The Morgan fingerprint density at radius 2 is 2.21 bits per heavy atom. The highest BCUT2D eigenvalue weighted by molar-refractivity contribution is 5.93. The van der Waals surface area contributed by atoms with Gasteiger partial charge in [-0.2, -0.15) is 0 Å². The average Bonchev–Trinajstić information content (AvgIpc) is 2.31. The summed E-state index contributed by atoms with van der Waals surface area (Å²) < 4.78 is 19.0. The van der Waals surface area contributed by atoms with Crippen LogP contribution >= 0.6 is 0 Å². The van der Waals surface area contributed by atoms with Gasteiger partial charge in [0.05, 0.1) is 13.2 Å². The maximum Gasteiger partial charge on any atom is 0.274 e. The predicted molar refractivity (Wildman–Crippen MR) is 64.2 cm³/mol.